The number of likely N-dealkylation sites (N-methyl/N-ethyl adjacent to an activating group) is 2. The normalized spacial score (nSPS) is 22.9. The van der Waals surface area contributed by atoms with Crippen molar-refractivity contribution in [3.8, 4) is 0 Å². The van der Waals surface area contributed by atoms with Crippen LogP contribution in [0.5, 0.6) is 0 Å². The van der Waals surface area contributed by atoms with Crippen molar-refractivity contribution in [3.05, 3.63) is 0 Å². The van der Waals surface area contributed by atoms with E-state index in [1.54, 1.807) is 0 Å². The first-order chi connectivity index (χ1) is 4.79. The minimum Gasteiger partial charge on any atom is -0.344 e. The Hall–Kier alpha value is -0.730. The summed E-state index contributed by atoms with van der Waals surface area (Å²) in [4.78, 5) is 8.65. The molecule has 0 aromatic carbocycles. The number of hydrogen-bond donors (Lipinski definition) is 0. The molecule has 10 heavy (non-hydrogen) atoms. The second-order valence-corrected chi connectivity index (χ2v) is 2.52. The molecule has 0 aromatic rings. The van der Waals surface area contributed by atoms with Gasteiger partial charge in [0, 0.05) is 33.7 Å². The molecule has 1 saturated heterocycles. The third-order valence-corrected chi connectivity index (χ3v) is 1.91. The van der Waals surface area contributed by atoms with Gasteiger partial charge in [-0.1, -0.05) is 0 Å². The van der Waals surface area contributed by atoms with Crippen molar-refractivity contribution >= 4 is 5.96 Å². The maximum absolute atomic E-state index is 4.19. The standard InChI is InChI=1S/C7H15N3/c1-4-10-6-5-9(3)7(10)8-2/h4-6H2,1-3H3/b8-7-. The fourth-order valence-corrected chi connectivity index (χ4v) is 1.32. The van der Waals surface area contributed by atoms with Crippen molar-refractivity contribution < 1.29 is 0 Å². The number of guanidine groups is 1. The lowest BCUT2D eigenvalue weighted by Crippen LogP contribution is -2.30. The van der Waals surface area contributed by atoms with Gasteiger partial charge in [-0.15, -0.1) is 0 Å². The van der Waals surface area contributed by atoms with Gasteiger partial charge in [0.05, 0.1) is 0 Å². The molecule has 1 rings (SSSR count). The highest BCUT2D eigenvalue weighted by Gasteiger charge is 2.20. The maximum atomic E-state index is 4.19. The van der Waals surface area contributed by atoms with Crippen molar-refractivity contribution in [1.82, 2.24) is 9.80 Å². The van der Waals surface area contributed by atoms with Crippen molar-refractivity contribution in [2.24, 2.45) is 4.99 Å². The molecule has 1 fully saturated rings. The Morgan fingerprint density at radius 3 is 2.60 bits per heavy atom. The molecular formula is C7H15N3. The number of hydrogen-bond acceptors (Lipinski definition) is 1. The Bertz CT molecular complexity index is 142. The van der Waals surface area contributed by atoms with E-state index >= 15 is 0 Å². The van der Waals surface area contributed by atoms with E-state index in [1.807, 2.05) is 7.05 Å². The summed E-state index contributed by atoms with van der Waals surface area (Å²) >= 11 is 0. The van der Waals surface area contributed by atoms with Gasteiger partial charge in [-0.05, 0) is 6.92 Å². The first-order valence-electron chi connectivity index (χ1n) is 3.72. The summed E-state index contributed by atoms with van der Waals surface area (Å²) in [6, 6.07) is 0. The van der Waals surface area contributed by atoms with Gasteiger partial charge in [0.15, 0.2) is 5.96 Å². The molecule has 0 radical (unpaired) electrons. The van der Waals surface area contributed by atoms with Crippen LogP contribution >= 0.6 is 0 Å². The summed E-state index contributed by atoms with van der Waals surface area (Å²) in [7, 11) is 3.93. The van der Waals surface area contributed by atoms with Crippen molar-refractivity contribution in [2.45, 2.75) is 6.92 Å². The highest BCUT2D eigenvalue weighted by molar-refractivity contribution is 5.81. The van der Waals surface area contributed by atoms with Crippen LogP contribution in [0.3, 0.4) is 0 Å². The monoisotopic (exact) mass is 141 g/mol. The van der Waals surface area contributed by atoms with Gasteiger partial charge >= 0.3 is 0 Å². The van der Waals surface area contributed by atoms with E-state index in [-0.39, 0.29) is 0 Å². The predicted molar refractivity (Wildman–Crippen MR) is 43.2 cm³/mol. The number of aliphatic imine (C=N–C) groups is 1. The van der Waals surface area contributed by atoms with Crippen LogP contribution in [0, 0.1) is 0 Å². The minimum absolute atomic E-state index is 1.07. The van der Waals surface area contributed by atoms with Gasteiger partial charge in [0.2, 0.25) is 0 Å². The molecule has 0 atom stereocenters. The second-order valence-electron chi connectivity index (χ2n) is 2.52. The first kappa shape index (κ1) is 7.38. The quantitative estimate of drug-likeness (QED) is 0.521. The van der Waals surface area contributed by atoms with Gasteiger partial charge in [0.1, 0.15) is 0 Å². The molecule has 58 valence electrons. The average molecular weight is 141 g/mol. The lowest BCUT2D eigenvalue weighted by molar-refractivity contribution is 0.488. The van der Waals surface area contributed by atoms with Crippen molar-refractivity contribution in [2.75, 3.05) is 33.7 Å². The molecular weight excluding hydrogens is 126 g/mol. The molecule has 0 spiro atoms. The Labute approximate surface area is 62.3 Å². The number of rotatable bonds is 1. The maximum Gasteiger partial charge on any atom is 0.196 e. The Balaban J connectivity index is 2.64. The Kier molecular flexibility index (Phi) is 2.14. The first-order valence-corrected chi connectivity index (χ1v) is 3.72. The van der Waals surface area contributed by atoms with Crippen LogP contribution < -0.4 is 0 Å². The smallest absolute Gasteiger partial charge is 0.196 e. The summed E-state index contributed by atoms with van der Waals surface area (Å²) in [5, 5.41) is 0. The van der Waals surface area contributed by atoms with Crippen LogP contribution in [0.2, 0.25) is 0 Å². The third kappa shape index (κ3) is 1.08. The van der Waals surface area contributed by atoms with E-state index in [9.17, 15) is 0 Å². The van der Waals surface area contributed by atoms with E-state index in [2.05, 4.69) is 28.8 Å². The van der Waals surface area contributed by atoms with Crippen LogP contribution in [0.4, 0.5) is 0 Å². The lowest BCUT2D eigenvalue weighted by atomic mass is 10.6. The lowest BCUT2D eigenvalue weighted by Gasteiger charge is -2.17. The van der Waals surface area contributed by atoms with Crippen molar-refractivity contribution in [1.29, 1.82) is 0 Å². The van der Waals surface area contributed by atoms with E-state index in [1.165, 1.54) is 0 Å². The topological polar surface area (TPSA) is 18.8 Å². The molecule has 1 heterocycles. The minimum atomic E-state index is 1.07. The predicted octanol–water partition coefficient (Wildman–Crippen LogP) is 0.239. The van der Waals surface area contributed by atoms with Gasteiger partial charge < -0.3 is 9.80 Å². The molecule has 0 aromatic heterocycles. The van der Waals surface area contributed by atoms with Gasteiger partial charge in [0.25, 0.3) is 0 Å². The summed E-state index contributed by atoms with van der Waals surface area (Å²) in [6.07, 6.45) is 0. The average Bonchev–Trinajstić information content (AvgIpc) is 2.30. The zero-order valence-electron chi connectivity index (χ0n) is 6.96. The van der Waals surface area contributed by atoms with Crippen molar-refractivity contribution in [3.63, 3.8) is 0 Å². The van der Waals surface area contributed by atoms with Crippen LogP contribution in [0.1, 0.15) is 6.92 Å². The summed E-state index contributed by atoms with van der Waals surface area (Å²) in [5.41, 5.74) is 0. The molecule has 0 unspecified atom stereocenters. The fourth-order valence-electron chi connectivity index (χ4n) is 1.32. The molecule has 0 amide bonds. The van der Waals surface area contributed by atoms with Crippen LogP contribution in [-0.2, 0) is 0 Å². The Morgan fingerprint density at radius 2 is 2.20 bits per heavy atom. The van der Waals surface area contributed by atoms with Crippen LogP contribution in [0.15, 0.2) is 4.99 Å². The molecule has 0 aliphatic carbocycles. The largest absolute Gasteiger partial charge is 0.344 e. The second kappa shape index (κ2) is 2.90. The SMILES string of the molecule is CCN1CCN(C)/C1=N/C. The van der Waals surface area contributed by atoms with E-state index in [4.69, 9.17) is 0 Å². The molecule has 0 bridgehead atoms. The van der Waals surface area contributed by atoms with Crippen LogP contribution in [0.25, 0.3) is 0 Å². The summed E-state index contributed by atoms with van der Waals surface area (Å²) < 4.78 is 0. The summed E-state index contributed by atoms with van der Waals surface area (Å²) in [6.45, 7) is 5.46. The van der Waals surface area contributed by atoms with Gasteiger partial charge in [-0.3, -0.25) is 4.99 Å². The molecule has 3 heteroatoms. The zero-order valence-corrected chi connectivity index (χ0v) is 6.96. The van der Waals surface area contributed by atoms with E-state index in [0.717, 1.165) is 25.6 Å². The molecule has 1 aliphatic rings. The van der Waals surface area contributed by atoms with E-state index in [0.29, 0.717) is 0 Å². The molecule has 0 N–H and O–H groups in total. The third-order valence-electron chi connectivity index (χ3n) is 1.91. The summed E-state index contributed by atoms with van der Waals surface area (Å²) in [5.74, 6) is 1.13. The van der Waals surface area contributed by atoms with E-state index < -0.39 is 0 Å². The van der Waals surface area contributed by atoms with Gasteiger partial charge in [-0.25, -0.2) is 0 Å². The zero-order chi connectivity index (χ0) is 7.56. The molecule has 3 nitrogen and oxygen atoms in total. The molecule has 1 aliphatic heterocycles. The highest BCUT2D eigenvalue weighted by Crippen LogP contribution is 2.04. The van der Waals surface area contributed by atoms with Crippen LogP contribution in [-0.4, -0.2) is 49.5 Å². The number of nitrogens with zero attached hydrogens (tertiary/aromatic N) is 3. The molecule has 0 saturated carbocycles. The van der Waals surface area contributed by atoms with Gasteiger partial charge in [-0.2, -0.15) is 0 Å². The fraction of sp³-hybridized carbons (Fsp3) is 0.857. The highest BCUT2D eigenvalue weighted by atomic mass is 15.4. The Morgan fingerprint density at radius 1 is 1.50 bits per heavy atom.